The first-order valence-electron chi connectivity index (χ1n) is 15.7. The number of aromatic amines is 1. The third-order valence-electron chi connectivity index (χ3n) is 7.54. The fourth-order valence-electron chi connectivity index (χ4n) is 4.98. The molecule has 2 aromatic heterocycles. The molecule has 250 valence electrons. The lowest BCUT2D eigenvalue weighted by Gasteiger charge is -2.30. The second kappa shape index (κ2) is 20.4. The number of fused-ring (bicyclic) bond motifs is 1. The van der Waals surface area contributed by atoms with Gasteiger partial charge in [0.1, 0.15) is 0 Å². The Labute approximate surface area is 276 Å². The first-order chi connectivity index (χ1) is 22.4. The van der Waals surface area contributed by atoms with E-state index in [4.69, 9.17) is 10.5 Å². The molecule has 3 aromatic rings. The predicted molar refractivity (Wildman–Crippen MR) is 181 cm³/mol. The highest BCUT2D eigenvalue weighted by molar-refractivity contribution is 7.80. The van der Waals surface area contributed by atoms with E-state index in [0.717, 1.165) is 22.0 Å². The average Bonchev–Trinajstić information content (AvgIpc) is 3.49. The highest BCUT2D eigenvalue weighted by atomic mass is 32.1. The van der Waals surface area contributed by atoms with Crippen molar-refractivity contribution in [2.75, 3.05) is 71.8 Å². The third kappa shape index (κ3) is 12.2. The van der Waals surface area contributed by atoms with Gasteiger partial charge in [0.15, 0.2) is 5.78 Å². The molecule has 13 heteroatoms. The van der Waals surface area contributed by atoms with E-state index >= 15 is 0 Å². The minimum atomic E-state index is -0.378. The highest BCUT2D eigenvalue weighted by Crippen LogP contribution is 2.18. The van der Waals surface area contributed by atoms with Crippen LogP contribution in [0.1, 0.15) is 30.4 Å². The van der Waals surface area contributed by atoms with E-state index in [-0.39, 0.29) is 69.4 Å². The van der Waals surface area contributed by atoms with Crippen molar-refractivity contribution in [1.29, 1.82) is 0 Å². The number of nitrogens with two attached hydrogens (primary N) is 1. The number of methoxy groups -OCH3 is 1. The zero-order chi connectivity index (χ0) is 33.1. The number of H-pyrrole nitrogens is 1. The molecule has 0 saturated carbocycles. The summed E-state index contributed by atoms with van der Waals surface area (Å²) in [6.45, 7) is 1.33. The molecule has 0 radical (unpaired) electrons. The van der Waals surface area contributed by atoms with Gasteiger partial charge in [0.25, 0.3) is 0 Å². The second-order valence-electron chi connectivity index (χ2n) is 11.0. The molecule has 0 atom stereocenters. The van der Waals surface area contributed by atoms with Crippen molar-refractivity contribution >= 4 is 47.0 Å². The van der Waals surface area contributed by atoms with E-state index < -0.39 is 0 Å². The fourth-order valence-corrected chi connectivity index (χ4v) is 5.13. The summed E-state index contributed by atoms with van der Waals surface area (Å²) in [4.78, 5) is 65.0. The van der Waals surface area contributed by atoms with Gasteiger partial charge in [-0.1, -0.05) is 24.3 Å². The van der Waals surface area contributed by atoms with Crippen molar-refractivity contribution in [1.82, 2.24) is 30.0 Å². The van der Waals surface area contributed by atoms with Crippen LogP contribution in [0.25, 0.3) is 10.9 Å². The number of pyridine rings is 1. The predicted octanol–water partition coefficient (Wildman–Crippen LogP) is 1.66. The second-order valence-corrected chi connectivity index (χ2v) is 11.5. The van der Waals surface area contributed by atoms with E-state index in [9.17, 15) is 19.2 Å². The molecule has 0 unspecified atom stereocenters. The van der Waals surface area contributed by atoms with Crippen LogP contribution in [-0.2, 0) is 36.9 Å². The summed E-state index contributed by atoms with van der Waals surface area (Å²) >= 11 is 4.21. The number of hydrogen-bond acceptors (Lipinski definition) is 9. The number of para-hydroxylation sites is 1. The maximum absolute atomic E-state index is 13.7. The van der Waals surface area contributed by atoms with E-state index in [1.54, 1.807) is 12.4 Å². The van der Waals surface area contributed by atoms with E-state index in [2.05, 4.69) is 27.9 Å². The summed E-state index contributed by atoms with van der Waals surface area (Å²) in [5, 5.41) is 4.16. The summed E-state index contributed by atoms with van der Waals surface area (Å²) in [6, 6.07) is 11.6. The minimum Gasteiger partial charge on any atom is -0.383 e. The van der Waals surface area contributed by atoms with Crippen molar-refractivity contribution < 1.29 is 23.9 Å². The largest absolute Gasteiger partial charge is 0.383 e. The average molecular weight is 654 g/mol. The maximum Gasteiger partial charge on any atom is 0.242 e. The number of benzene rings is 1. The molecular formula is C33H47N7O5S. The van der Waals surface area contributed by atoms with E-state index in [1.807, 2.05) is 42.6 Å². The van der Waals surface area contributed by atoms with Crippen LogP contribution < -0.4 is 11.1 Å². The molecule has 0 aliphatic rings. The van der Waals surface area contributed by atoms with Crippen LogP contribution in [0.15, 0.2) is 55.0 Å². The van der Waals surface area contributed by atoms with Crippen LogP contribution in [-0.4, -0.2) is 120 Å². The number of carbonyl (C=O) groups excluding carboxylic acids is 4. The van der Waals surface area contributed by atoms with Gasteiger partial charge >= 0.3 is 0 Å². The molecule has 1 aromatic carbocycles. The Hall–Kier alpha value is -3.78. The fraction of sp³-hybridized carbons (Fsp3) is 0.485. The summed E-state index contributed by atoms with van der Waals surface area (Å²) < 4.78 is 5.18. The molecule has 3 amide bonds. The van der Waals surface area contributed by atoms with Gasteiger partial charge in [-0.3, -0.25) is 24.2 Å². The lowest BCUT2D eigenvalue weighted by Crippen LogP contribution is -2.50. The molecule has 4 N–H and O–H groups in total. The number of carbonyl (C=O) groups is 4. The van der Waals surface area contributed by atoms with Crippen LogP contribution in [0.3, 0.4) is 0 Å². The molecule has 0 aliphatic carbocycles. The van der Waals surface area contributed by atoms with Crippen molar-refractivity contribution in [3.8, 4) is 0 Å². The molecule has 0 fully saturated rings. The van der Waals surface area contributed by atoms with Gasteiger partial charge in [0.05, 0.1) is 32.8 Å². The lowest BCUT2D eigenvalue weighted by atomic mass is 10.1. The van der Waals surface area contributed by atoms with Gasteiger partial charge < -0.3 is 35.5 Å². The number of hydrogen-bond donors (Lipinski definition) is 4. The zero-order valence-corrected chi connectivity index (χ0v) is 27.6. The number of nitrogens with one attached hydrogen (secondary N) is 2. The van der Waals surface area contributed by atoms with Crippen LogP contribution in [0.5, 0.6) is 0 Å². The Balaban J connectivity index is 1.69. The van der Waals surface area contributed by atoms with Gasteiger partial charge in [-0.2, -0.15) is 12.6 Å². The number of Topliss-reactive ketones (excluding diaryl/α,β-unsaturated/α-hetero) is 1. The smallest absolute Gasteiger partial charge is 0.242 e. The van der Waals surface area contributed by atoms with Gasteiger partial charge in [-0.25, -0.2) is 0 Å². The van der Waals surface area contributed by atoms with Gasteiger partial charge in [-0.05, 0) is 54.8 Å². The molecule has 0 saturated heterocycles. The van der Waals surface area contributed by atoms with Crippen molar-refractivity contribution in [2.24, 2.45) is 5.73 Å². The van der Waals surface area contributed by atoms with E-state index in [1.165, 1.54) is 21.8 Å². The Morgan fingerprint density at radius 2 is 1.67 bits per heavy atom. The minimum absolute atomic E-state index is 0.0175. The summed E-state index contributed by atoms with van der Waals surface area (Å²) in [7, 11) is 1.53. The highest BCUT2D eigenvalue weighted by Gasteiger charge is 2.25. The molecule has 0 aliphatic heterocycles. The lowest BCUT2D eigenvalue weighted by molar-refractivity contribution is -0.145. The van der Waals surface area contributed by atoms with Gasteiger partial charge in [-0.15, -0.1) is 0 Å². The van der Waals surface area contributed by atoms with Crippen LogP contribution in [0.2, 0.25) is 0 Å². The summed E-state index contributed by atoms with van der Waals surface area (Å²) in [5.74, 6) is -0.465. The first kappa shape index (κ1) is 36.7. The first-order valence-corrected chi connectivity index (χ1v) is 16.3. The number of ether oxygens (including phenoxy) is 1. The van der Waals surface area contributed by atoms with Crippen LogP contribution >= 0.6 is 12.6 Å². The molecule has 46 heavy (non-hydrogen) atoms. The molecule has 3 rings (SSSR count). The quantitative estimate of drug-likeness (QED) is 0.120. The van der Waals surface area contributed by atoms with Crippen molar-refractivity contribution in [3.63, 3.8) is 0 Å². The van der Waals surface area contributed by atoms with Crippen molar-refractivity contribution in [2.45, 2.75) is 32.2 Å². The number of ketones is 1. The Bertz CT molecular complexity index is 1390. The standard InChI is InChI=1S/C33H47N7O5S/c1-45-17-16-40(31(42)22-36-20-26-7-4-13-35-19-26)25-32(43)38(14-6-12-34)24-33(44)39(23-28(41)8-5-18-46)15-11-27-21-37-30-10-3-2-9-29(27)30/h2-4,7,9-10,13,19,21,36-37,46H,5-6,8,11-12,14-18,20,22-25,34H2,1H3. The number of nitrogens with zero attached hydrogens (tertiary/aromatic N) is 4. The molecule has 0 bridgehead atoms. The number of rotatable bonds is 22. The Morgan fingerprint density at radius 1 is 0.935 bits per heavy atom. The van der Waals surface area contributed by atoms with Crippen LogP contribution in [0.4, 0.5) is 0 Å². The number of thiol groups is 1. The SMILES string of the molecule is COCCN(CC(=O)N(CCCN)CC(=O)N(CCc1c[nH]c2ccccc12)CC(=O)CCCS)C(=O)CNCc1cccnc1. The summed E-state index contributed by atoms with van der Waals surface area (Å²) in [6.07, 6.45) is 7.28. The molecule has 12 nitrogen and oxygen atoms in total. The zero-order valence-electron chi connectivity index (χ0n) is 26.7. The monoisotopic (exact) mass is 653 g/mol. The maximum atomic E-state index is 13.7. The molecule has 0 spiro atoms. The molecule has 2 heterocycles. The van der Waals surface area contributed by atoms with E-state index in [0.29, 0.717) is 51.1 Å². The van der Waals surface area contributed by atoms with Crippen molar-refractivity contribution in [3.05, 3.63) is 66.1 Å². The Kier molecular flexibility index (Phi) is 16.2. The topological polar surface area (TPSA) is 154 Å². The number of amides is 3. The normalized spacial score (nSPS) is 11.0. The van der Waals surface area contributed by atoms with Gasteiger partial charge in [0.2, 0.25) is 17.7 Å². The molecular weight excluding hydrogens is 606 g/mol. The third-order valence-corrected chi connectivity index (χ3v) is 7.86. The number of aromatic nitrogens is 2. The van der Waals surface area contributed by atoms with Gasteiger partial charge in [0, 0.05) is 69.2 Å². The summed E-state index contributed by atoms with van der Waals surface area (Å²) in [5.41, 5.74) is 8.73. The van der Waals surface area contributed by atoms with Crippen LogP contribution in [0, 0.1) is 0 Å². The Morgan fingerprint density at radius 3 is 2.37 bits per heavy atom.